The SMILES string of the molecule is C=C(CCC=C(C)C)[C@@H]1CC[C@@H](C)[C@@]12CC=C(C)CC2. The Labute approximate surface area is 126 Å². The zero-order valence-electron chi connectivity index (χ0n) is 14.0. The molecule has 0 saturated heterocycles. The Bertz CT molecular complexity index is 419. The molecule has 0 unspecified atom stereocenters. The van der Waals surface area contributed by atoms with E-state index in [0.29, 0.717) is 5.41 Å². The fourth-order valence-corrected chi connectivity index (χ4v) is 4.43. The first kappa shape index (κ1) is 15.6. The summed E-state index contributed by atoms with van der Waals surface area (Å²) in [7, 11) is 0. The maximum absolute atomic E-state index is 4.49. The molecule has 112 valence electrons. The van der Waals surface area contributed by atoms with Crippen LogP contribution in [0.15, 0.2) is 35.5 Å². The van der Waals surface area contributed by atoms with Crippen LogP contribution in [0, 0.1) is 17.3 Å². The van der Waals surface area contributed by atoms with Gasteiger partial charge in [-0.25, -0.2) is 0 Å². The lowest BCUT2D eigenvalue weighted by Crippen LogP contribution is -2.33. The summed E-state index contributed by atoms with van der Waals surface area (Å²) in [4.78, 5) is 0. The third-order valence-electron chi connectivity index (χ3n) is 5.89. The summed E-state index contributed by atoms with van der Waals surface area (Å²) in [5.74, 6) is 1.64. The Morgan fingerprint density at radius 2 is 2.15 bits per heavy atom. The van der Waals surface area contributed by atoms with E-state index in [1.165, 1.54) is 56.1 Å². The van der Waals surface area contributed by atoms with E-state index < -0.39 is 0 Å². The third-order valence-corrected chi connectivity index (χ3v) is 5.89. The van der Waals surface area contributed by atoms with Gasteiger partial charge in [0, 0.05) is 0 Å². The zero-order valence-corrected chi connectivity index (χ0v) is 14.0. The topological polar surface area (TPSA) is 0 Å². The van der Waals surface area contributed by atoms with E-state index in [0.717, 1.165) is 11.8 Å². The molecule has 0 aromatic carbocycles. The normalized spacial score (nSPS) is 33.1. The summed E-state index contributed by atoms with van der Waals surface area (Å²) in [6.07, 6.45) is 14.0. The van der Waals surface area contributed by atoms with E-state index in [9.17, 15) is 0 Å². The summed E-state index contributed by atoms with van der Waals surface area (Å²) in [5.41, 5.74) is 5.11. The highest BCUT2D eigenvalue weighted by Gasteiger charge is 2.48. The van der Waals surface area contributed by atoms with Crippen LogP contribution in [0.3, 0.4) is 0 Å². The molecular weight excluding hydrogens is 240 g/mol. The third kappa shape index (κ3) is 3.10. The molecule has 20 heavy (non-hydrogen) atoms. The molecule has 2 aliphatic carbocycles. The van der Waals surface area contributed by atoms with Gasteiger partial charge in [0.25, 0.3) is 0 Å². The molecule has 0 heterocycles. The molecule has 0 amide bonds. The first-order valence-electron chi connectivity index (χ1n) is 8.42. The van der Waals surface area contributed by atoms with Gasteiger partial charge in [-0.15, -0.1) is 0 Å². The Balaban J connectivity index is 2.06. The van der Waals surface area contributed by atoms with Crippen LogP contribution in [0.2, 0.25) is 0 Å². The van der Waals surface area contributed by atoms with Crippen LogP contribution in [-0.4, -0.2) is 0 Å². The minimum Gasteiger partial charge on any atom is -0.0995 e. The van der Waals surface area contributed by atoms with Crippen LogP contribution in [-0.2, 0) is 0 Å². The highest BCUT2D eigenvalue weighted by molar-refractivity contribution is 5.19. The Hall–Kier alpha value is -0.780. The number of rotatable bonds is 4. The van der Waals surface area contributed by atoms with Gasteiger partial charge < -0.3 is 0 Å². The smallest absolute Gasteiger partial charge is 0.0143 e. The zero-order chi connectivity index (χ0) is 14.8. The van der Waals surface area contributed by atoms with E-state index in [1.54, 1.807) is 5.57 Å². The molecule has 2 aliphatic rings. The molecule has 0 heteroatoms. The van der Waals surface area contributed by atoms with E-state index in [2.05, 4.69) is 46.4 Å². The molecule has 0 nitrogen and oxygen atoms in total. The first-order valence-corrected chi connectivity index (χ1v) is 8.42. The quantitative estimate of drug-likeness (QED) is 0.516. The van der Waals surface area contributed by atoms with Crippen molar-refractivity contribution in [1.82, 2.24) is 0 Å². The van der Waals surface area contributed by atoms with Gasteiger partial charge >= 0.3 is 0 Å². The van der Waals surface area contributed by atoms with Crippen LogP contribution in [0.25, 0.3) is 0 Å². The second-order valence-corrected chi connectivity index (χ2v) is 7.50. The summed E-state index contributed by atoms with van der Waals surface area (Å²) >= 11 is 0. The van der Waals surface area contributed by atoms with Gasteiger partial charge in [0.15, 0.2) is 0 Å². The van der Waals surface area contributed by atoms with Gasteiger partial charge in [-0.2, -0.15) is 0 Å². The van der Waals surface area contributed by atoms with Crippen molar-refractivity contribution in [2.45, 2.75) is 72.6 Å². The monoisotopic (exact) mass is 272 g/mol. The van der Waals surface area contributed by atoms with E-state index in [4.69, 9.17) is 0 Å². The number of allylic oxidation sites excluding steroid dienone is 5. The molecule has 3 atom stereocenters. The molecule has 0 aromatic rings. The lowest BCUT2D eigenvalue weighted by molar-refractivity contribution is 0.140. The van der Waals surface area contributed by atoms with Gasteiger partial charge in [-0.1, -0.05) is 42.4 Å². The predicted molar refractivity (Wildman–Crippen MR) is 89.7 cm³/mol. The molecule has 1 saturated carbocycles. The van der Waals surface area contributed by atoms with E-state index >= 15 is 0 Å². The second kappa shape index (κ2) is 6.33. The lowest BCUT2D eigenvalue weighted by atomic mass is 9.62. The van der Waals surface area contributed by atoms with E-state index in [-0.39, 0.29) is 0 Å². The van der Waals surface area contributed by atoms with Crippen molar-refractivity contribution >= 4 is 0 Å². The maximum Gasteiger partial charge on any atom is -0.0143 e. The van der Waals surface area contributed by atoms with Crippen molar-refractivity contribution in [3.05, 3.63) is 35.5 Å². The van der Waals surface area contributed by atoms with Crippen LogP contribution in [0.4, 0.5) is 0 Å². The number of hydrogen-bond donors (Lipinski definition) is 0. The first-order chi connectivity index (χ1) is 9.45. The Morgan fingerprint density at radius 3 is 2.75 bits per heavy atom. The summed E-state index contributed by atoms with van der Waals surface area (Å²) in [6, 6.07) is 0. The van der Waals surface area contributed by atoms with Gasteiger partial charge in [0.1, 0.15) is 0 Å². The largest absolute Gasteiger partial charge is 0.0995 e. The van der Waals surface area contributed by atoms with Crippen LogP contribution < -0.4 is 0 Å². The highest BCUT2D eigenvalue weighted by atomic mass is 14.5. The maximum atomic E-state index is 4.49. The van der Waals surface area contributed by atoms with Crippen molar-refractivity contribution in [2.24, 2.45) is 17.3 Å². The molecule has 0 aromatic heterocycles. The summed E-state index contributed by atoms with van der Waals surface area (Å²) in [5, 5.41) is 0. The fraction of sp³-hybridized carbons (Fsp3) is 0.700. The van der Waals surface area contributed by atoms with Crippen LogP contribution >= 0.6 is 0 Å². The molecule has 1 fully saturated rings. The molecule has 2 rings (SSSR count). The molecule has 0 aliphatic heterocycles. The molecule has 1 spiro atoms. The van der Waals surface area contributed by atoms with Crippen molar-refractivity contribution < 1.29 is 0 Å². The van der Waals surface area contributed by atoms with Gasteiger partial charge in [0.2, 0.25) is 0 Å². The average Bonchev–Trinajstić information content (AvgIpc) is 2.70. The number of hydrogen-bond acceptors (Lipinski definition) is 0. The van der Waals surface area contributed by atoms with Crippen molar-refractivity contribution in [3.63, 3.8) is 0 Å². The highest BCUT2D eigenvalue weighted by Crippen LogP contribution is 2.58. The molecule has 0 bridgehead atoms. The van der Waals surface area contributed by atoms with Gasteiger partial charge in [0.05, 0.1) is 0 Å². The molecule has 0 radical (unpaired) electrons. The van der Waals surface area contributed by atoms with E-state index in [1.807, 2.05) is 0 Å². The van der Waals surface area contributed by atoms with Crippen molar-refractivity contribution in [2.75, 3.05) is 0 Å². The van der Waals surface area contributed by atoms with Crippen molar-refractivity contribution in [1.29, 1.82) is 0 Å². The molecule has 0 N–H and O–H groups in total. The van der Waals surface area contributed by atoms with Crippen LogP contribution in [0.5, 0.6) is 0 Å². The van der Waals surface area contributed by atoms with Crippen molar-refractivity contribution in [3.8, 4) is 0 Å². The Morgan fingerprint density at radius 1 is 1.40 bits per heavy atom. The summed E-state index contributed by atoms with van der Waals surface area (Å²) < 4.78 is 0. The average molecular weight is 272 g/mol. The fourth-order valence-electron chi connectivity index (χ4n) is 4.43. The minimum atomic E-state index is 0.543. The molecular formula is C20H32. The van der Waals surface area contributed by atoms with Gasteiger partial charge in [-0.3, -0.25) is 0 Å². The lowest BCUT2D eigenvalue weighted by Gasteiger charge is -2.42. The second-order valence-electron chi connectivity index (χ2n) is 7.50. The van der Waals surface area contributed by atoms with Crippen LogP contribution in [0.1, 0.15) is 72.6 Å². The standard InChI is InChI=1S/C20H32/c1-15(2)7-6-8-17(4)19-10-9-18(5)20(19)13-11-16(3)12-14-20/h7,11,18-19H,4,6,8-10,12-14H2,1-3,5H3/t18-,19+,20+/m1/s1. The van der Waals surface area contributed by atoms with Gasteiger partial charge in [-0.05, 0) is 83.0 Å². The Kier molecular flexibility index (Phi) is 4.94. The minimum absolute atomic E-state index is 0.543. The predicted octanol–water partition coefficient (Wildman–Crippen LogP) is 6.45. The summed E-state index contributed by atoms with van der Waals surface area (Å²) in [6.45, 7) is 13.6.